The highest BCUT2D eigenvalue weighted by Gasteiger charge is 2.46. The number of hydrogen-bond acceptors (Lipinski definition) is 4. The summed E-state index contributed by atoms with van der Waals surface area (Å²) in [4.78, 5) is 17.8. The van der Waals surface area contributed by atoms with Crippen molar-refractivity contribution in [2.45, 2.75) is 43.4 Å². The fraction of sp³-hybridized carbons (Fsp3) is 0.600. The zero-order valence-electron chi connectivity index (χ0n) is 12.6. The van der Waals surface area contributed by atoms with Crippen LogP contribution in [0.5, 0.6) is 0 Å². The molecule has 2 fully saturated rings. The molecule has 1 aliphatic carbocycles. The molecule has 23 heavy (non-hydrogen) atoms. The van der Waals surface area contributed by atoms with Crippen LogP contribution in [-0.4, -0.2) is 35.6 Å². The SMILES string of the molecule is NC1(C(=O)N[C@H]2CCCN(c3ccc(C(F)(F)F)cn3)C2)CC1. The molecular weight excluding hydrogens is 309 g/mol. The molecule has 0 unspecified atom stereocenters. The Morgan fingerprint density at radius 2 is 2.13 bits per heavy atom. The van der Waals surface area contributed by atoms with E-state index >= 15 is 0 Å². The van der Waals surface area contributed by atoms with Crippen LogP contribution in [-0.2, 0) is 11.0 Å². The maximum atomic E-state index is 12.6. The molecule has 1 saturated heterocycles. The molecule has 2 heterocycles. The molecule has 1 aromatic heterocycles. The number of pyridine rings is 1. The third-order valence-electron chi connectivity index (χ3n) is 4.40. The topological polar surface area (TPSA) is 71.2 Å². The van der Waals surface area contributed by atoms with Crippen LogP contribution < -0.4 is 16.0 Å². The highest BCUT2D eigenvalue weighted by molar-refractivity contribution is 5.89. The zero-order chi connectivity index (χ0) is 16.7. The van der Waals surface area contributed by atoms with E-state index in [1.165, 1.54) is 6.07 Å². The lowest BCUT2D eigenvalue weighted by atomic mass is 10.0. The Morgan fingerprint density at radius 3 is 2.70 bits per heavy atom. The monoisotopic (exact) mass is 328 g/mol. The molecule has 0 radical (unpaired) electrons. The highest BCUT2D eigenvalue weighted by Crippen LogP contribution is 2.33. The molecule has 8 heteroatoms. The van der Waals surface area contributed by atoms with Crippen LogP contribution >= 0.6 is 0 Å². The van der Waals surface area contributed by atoms with Crippen molar-refractivity contribution >= 4 is 11.7 Å². The van der Waals surface area contributed by atoms with Gasteiger partial charge in [-0.3, -0.25) is 4.79 Å². The molecule has 1 aliphatic heterocycles. The number of nitrogens with one attached hydrogen (secondary N) is 1. The van der Waals surface area contributed by atoms with Crippen molar-refractivity contribution in [1.82, 2.24) is 10.3 Å². The van der Waals surface area contributed by atoms with E-state index in [9.17, 15) is 18.0 Å². The maximum absolute atomic E-state index is 12.6. The second-order valence-electron chi connectivity index (χ2n) is 6.32. The van der Waals surface area contributed by atoms with Gasteiger partial charge in [-0.05, 0) is 37.8 Å². The first kappa shape index (κ1) is 16.0. The first-order valence-electron chi connectivity index (χ1n) is 7.66. The van der Waals surface area contributed by atoms with E-state index in [-0.39, 0.29) is 11.9 Å². The van der Waals surface area contributed by atoms with Crippen molar-refractivity contribution in [2.75, 3.05) is 18.0 Å². The maximum Gasteiger partial charge on any atom is 0.417 e. The van der Waals surface area contributed by atoms with Gasteiger partial charge < -0.3 is 16.0 Å². The minimum Gasteiger partial charge on any atom is -0.355 e. The molecule has 3 N–H and O–H groups in total. The van der Waals surface area contributed by atoms with Gasteiger partial charge in [0.15, 0.2) is 0 Å². The van der Waals surface area contributed by atoms with E-state index in [1.807, 2.05) is 4.90 Å². The Hall–Kier alpha value is -1.83. The minimum atomic E-state index is -4.39. The number of aromatic nitrogens is 1. The summed E-state index contributed by atoms with van der Waals surface area (Å²) in [6.07, 6.45) is -0.462. The van der Waals surface area contributed by atoms with E-state index < -0.39 is 17.3 Å². The Bertz CT molecular complexity index is 583. The summed E-state index contributed by atoms with van der Waals surface area (Å²) in [6, 6.07) is 2.35. The quantitative estimate of drug-likeness (QED) is 0.885. The van der Waals surface area contributed by atoms with Crippen LogP contribution in [0.3, 0.4) is 0 Å². The van der Waals surface area contributed by atoms with Crippen LogP contribution in [0.1, 0.15) is 31.2 Å². The summed E-state index contributed by atoms with van der Waals surface area (Å²) in [6.45, 7) is 1.23. The molecule has 0 aromatic carbocycles. The van der Waals surface area contributed by atoms with Crippen molar-refractivity contribution in [3.63, 3.8) is 0 Å². The summed E-state index contributed by atoms with van der Waals surface area (Å²) in [5.41, 5.74) is 4.39. The number of carbonyl (C=O) groups is 1. The number of hydrogen-bond donors (Lipinski definition) is 2. The van der Waals surface area contributed by atoms with Gasteiger partial charge in [-0.15, -0.1) is 0 Å². The molecule has 3 rings (SSSR count). The summed E-state index contributed by atoms with van der Waals surface area (Å²) in [5.74, 6) is 0.357. The normalized spacial score (nSPS) is 23.5. The highest BCUT2D eigenvalue weighted by atomic mass is 19.4. The van der Waals surface area contributed by atoms with Gasteiger partial charge in [0.2, 0.25) is 5.91 Å². The van der Waals surface area contributed by atoms with Crippen molar-refractivity contribution in [3.05, 3.63) is 23.9 Å². The van der Waals surface area contributed by atoms with Crippen LogP contribution in [0.25, 0.3) is 0 Å². The molecule has 2 aliphatic rings. The first-order chi connectivity index (χ1) is 10.8. The van der Waals surface area contributed by atoms with E-state index in [1.54, 1.807) is 0 Å². The van der Waals surface area contributed by atoms with Crippen LogP contribution in [0.2, 0.25) is 0 Å². The summed E-state index contributed by atoms with van der Waals surface area (Å²) in [7, 11) is 0. The Morgan fingerprint density at radius 1 is 1.39 bits per heavy atom. The minimum absolute atomic E-state index is 0.0543. The van der Waals surface area contributed by atoms with Gasteiger partial charge in [0.25, 0.3) is 0 Å². The Labute approximate surface area is 132 Å². The lowest BCUT2D eigenvalue weighted by Crippen LogP contribution is -2.53. The number of nitrogens with zero attached hydrogens (tertiary/aromatic N) is 2. The van der Waals surface area contributed by atoms with Gasteiger partial charge in [-0.2, -0.15) is 13.2 Å². The number of nitrogens with two attached hydrogens (primary N) is 1. The predicted molar refractivity (Wildman–Crippen MR) is 78.8 cm³/mol. The fourth-order valence-electron chi connectivity index (χ4n) is 2.73. The molecule has 1 aromatic rings. The van der Waals surface area contributed by atoms with E-state index in [4.69, 9.17) is 5.73 Å². The molecule has 5 nitrogen and oxygen atoms in total. The standard InChI is InChI=1S/C15H19F3N4O/c16-15(17,18)10-3-4-12(20-8-10)22-7-1-2-11(9-22)21-13(23)14(19)5-6-14/h3-4,8,11H,1-2,5-7,9,19H2,(H,21,23)/t11-/m0/s1. The average Bonchev–Trinajstić information content (AvgIpc) is 3.26. The molecular formula is C15H19F3N4O. The number of halogens is 3. The fourth-order valence-corrected chi connectivity index (χ4v) is 2.73. The third-order valence-corrected chi connectivity index (χ3v) is 4.40. The van der Waals surface area contributed by atoms with Crippen molar-refractivity contribution in [1.29, 1.82) is 0 Å². The van der Waals surface area contributed by atoms with Gasteiger partial charge in [-0.1, -0.05) is 0 Å². The second-order valence-corrected chi connectivity index (χ2v) is 6.32. The number of piperidine rings is 1. The third kappa shape index (κ3) is 3.57. The molecule has 0 spiro atoms. The van der Waals surface area contributed by atoms with Crippen molar-refractivity contribution in [2.24, 2.45) is 5.73 Å². The summed E-state index contributed by atoms with van der Waals surface area (Å²) in [5, 5.41) is 2.94. The van der Waals surface area contributed by atoms with Crippen molar-refractivity contribution < 1.29 is 18.0 Å². The van der Waals surface area contributed by atoms with Gasteiger partial charge >= 0.3 is 6.18 Å². The molecule has 1 atom stereocenters. The zero-order valence-corrected chi connectivity index (χ0v) is 12.6. The van der Waals surface area contributed by atoms with E-state index in [0.717, 1.165) is 25.1 Å². The van der Waals surface area contributed by atoms with E-state index in [2.05, 4.69) is 10.3 Å². The van der Waals surface area contributed by atoms with Gasteiger partial charge in [0, 0.05) is 25.3 Å². The van der Waals surface area contributed by atoms with Gasteiger partial charge in [-0.25, -0.2) is 4.98 Å². The molecule has 126 valence electrons. The van der Waals surface area contributed by atoms with Gasteiger partial charge in [0.1, 0.15) is 5.82 Å². The number of anilines is 1. The lowest BCUT2D eigenvalue weighted by Gasteiger charge is -2.34. The number of carbonyl (C=O) groups excluding carboxylic acids is 1. The number of amides is 1. The van der Waals surface area contributed by atoms with Crippen LogP contribution in [0.4, 0.5) is 19.0 Å². The Kier molecular flexibility index (Phi) is 3.95. The number of alkyl halides is 3. The predicted octanol–water partition coefficient (Wildman–Crippen LogP) is 1.68. The Balaban J connectivity index is 1.63. The van der Waals surface area contributed by atoms with Crippen LogP contribution in [0.15, 0.2) is 18.3 Å². The lowest BCUT2D eigenvalue weighted by molar-refractivity contribution is -0.137. The number of rotatable bonds is 3. The summed E-state index contributed by atoms with van der Waals surface area (Å²) < 4.78 is 37.7. The van der Waals surface area contributed by atoms with Crippen LogP contribution in [0, 0.1) is 0 Å². The molecule has 0 bridgehead atoms. The first-order valence-corrected chi connectivity index (χ1v) is 7.66. The smallest absolute Gasteiger partial charge is 0.355 e. The second kappa shape index (κ2) is 5.67. The van der Waals surface area contributed by atoms with Crippen molar-refractivity contribution in [3.8, 4) is 0 Å². The largest absolute Gasteiger partial charge is 0.417 e. The van der Waals surface area contributed by atoms with E-state index in [0.29, 0.717) is 31.7 Å². The molecule has 1 amide bonds. The summed E-state index contributed by atoms with van der Waals surface area (Å²) >= 11 is 0. The molecule has 1 saturated carbocycles. The average molecular weight is 328 g/mol. The van der Waals surface area contributed by atoms with Gasteiger partial charge in [0.05, 0.1) is 11.1 Å².